The van der Waals surface area contributed by atoms with Crippen molar-refractivity contribution in [2.45, 2.75) is 17.2 Å². The molecule has 4 rings (SSSR count). The normalized spacial score (nSPS) is 12.3. The molecule has 166 valence electrons. The summed E-state index contributed by atoms with van der Waals surface area (Å²) in [6.45, 7) is 0. The number of anilines is 2. The highest BCUT2D eigenvalue weighted by atomic mass is 32.2. The van der Waals surface area contributed by atoms with E-state index in [0.717, 1.165) is 12.1 Å². The van der Waals surface area contributed by atoms with Gasteiger partial charge in [0.2, 0.25) is 0 Å². The van der Waals surface area contributed by atoms with E-state index in [1.165, 1.54) is 46.6 Å². The molecule has 0 bridgehead atoms. The first-order valence-corrected chi connectivity index (χ1v) is 10.3. The second-order valence-electron chi connectivity index (χ2n) is 6.71. The van der Waals surface area contributed by atoms with Crippen LogP contribution in [-0.2, 0) is 12.4 Å². The molecule has 0 spiro atoms. The van der Waals surface area contributed by atoms with Gasteiger partial charge in [-0.25, -0.2) is 9.97 Å². The predicted octanol–water partition coefficient (Wildman–Crippen LogP) is 6.90. The highest BCUT2D eigenvalue weighted by Gasteiger charge is 2.39. The van der Waals surface area contributed by atoms with Crippen molar-refractivity contribution in [3.8, 4) is 11.4 Å². The zero-order chi connectivity index (χ0) is 23.1. The number of nitrogens with zero attached hydrogens (tertiary/aromatic N) is 3. The zero-order valence-electron chi connectivity index (χ0n) is 16.3. The standard InChI is InChI=1S/C21H14F6N4S/c1-32-14-10-15(18-19(21(25,26)27)30-17-4-2-3-9-31(17)18)29-16(11-14)28-13-7-5-12(6-8-13)20(22,23)24/h2-11H,1H3,(H,28,29). The highest BCUT2D eigenvalue weighted by Crippen LogP contribution is 2.38. The number of fused-ring (bicyclic) bond motifs is 1. The van der Waals surface area contributed by atoms with Gasteiger partial charge in [-0.2, -0.15) is 26.3 Å². The van der Waals surface area contributed by atoms with E-state index in [4.69, 9.17) is 0 Å². The van der Waals surface area contributed by atoms with Gasteiger partial charge >= 0.3 is 12.4 Å². The summed E-state index contributed by atoms with van der Waals surface area (Å²) in [5.41, 5.74) is -1.66. The highest BCUT2D eigenvalue weighted by molar-refractivity contribution is 7.98. The smallest absolute Gasteiger partial charge is 0.340 e. The number of nitrogens with one attached hydrogen (secondary N) is 1. The van der Waals surface area contributed by atoms with E-state index in [-0.39, 0.29) is 22.9 Å². The summed E-state index contributed by atoms with van der Waals surface area (Å²) >= 11 is 1.29. The van der Waals surface area contributed by atoms with Gasteiger partial charge in [0.05, 0.1) is 11.3 Å². The first-order chi connectivity index (χ1) is 15.1. The van der Waals surface area contributed by atoms with Crippen molar-refractivity contribution in [3.63, 3.8) is 0 Å². The van der Waals surface area contributed by atoms with Gasteiger partial charge in [-0.1, -0.05) is 6.07 Å². The fourth-order valence-electron chi connectivity index (χ4n) is 3.14. The molecule has 0 radical (unpaired) electrons. The molecule has 32 heavy (non-hydrogen) atoms. The third-order valence-corrected chi connectivity index (χ3v) is 5.27. The van der Waals surface area contributed by atoms with Gasteiger partial charge in [-0.15, -0.1) is 11.8 Å². The number of hydrogen-bond donors (Lipinski definition) is 1. The van der Waals surface area contributed by atoms with E-state index in [1.807, 2.05) is 0 Å². The summed E-state index contributed by atoms with van der Waals surface area (Å²) in [6.07, 6.45) is -5.97. The van der Waals surface area contributed by atoms with Crippen LogP contribution in [0.2, 0.25) is 0 Å². The quantitative estimate of drug-likeness (QED) is 0.261. The minimum Gasteiger partial charge on any atom is -0.340 e. The van der Waals surface area contributed by atoms with E-state index in [2.05, 4.69) is 15.3 Å². The molecule has 0 aliphatic carbocycles. The molecule has 11 heteroatoms. The summed E-state index contributed by atoms with van der Waals surface area (Å²) in [4.78, 5) is 8.65. The van der Waals surface area contributed by atoms with E-state index in [1.54, 1.807) is 24.5 Å². The first-order valence-electron chi connectivity index (χ1n) is 9.11. The summed E-state index contributed by atoms with van der Waals surface area (Å²) in [5.74, 6) is 0.186. The molecule has 3 heterocycles. The van der Waals surface area contributed by atoms with Crippen molar-refractivity contribution >= 4 is 28.9 Å². The lowest BCUT2D eigenvalue weighted by Crippen LogP contribution is -2.09. The molecule has 0 atom stereocenters. The number of benzene rings is 1. The van der Waals surface area contributed by atoms with Crippen LogP contribution in [0.1, 0.15) is 11.3 Å². The Morgan fingerprint density at radius 1 is 0.875 bits per heavy atom. The lowest BCUT2D eigenvalue weighted by molar-refractivity contribution is -0.140. The molecule has 3 aromatic heterocycles. The Hall–Kier alpha value is -3.21. The van der Waals surface area contributed by atoms with Gasteiger partial charge in [0.1, 0.15) is 17.2 Å². The van der Waals surface area contributed by atoms with Crippen LogP contribution < -0.4 is 5.32 Å². The van der Waals surface area contributed by atoms with Gasteiger partial charge in [-0.3, -0.25) is 4.40 Å². The molecular weight excluding hydrogens is 454 g/mol. The van der Waals surface area contributed by atoms with Gasteiger partial charge in [0.15, 0.2) is 5.69 Å². The number of thioether (sulfide) groups is 1. The number of pyridine rings is 2. The van der Waals surface area contributed by atoms with Gasteiger partial charge < -0.3 is 5.32 Å². The van der Waals surface area contributed by atoms with Crippen LogP contribution >= 0.6 is 11.8 Å². The summed E-state index contributed by atoms with van der Waals surface area (Å²) in [6, 6.07) is 12.0. The van der Waals surface area contributed by atoms with Crippen LogP contribution in [0.3, 0.4) is 0 Å². The zero-order valence-corrected chi connectivity index (χ0v) is 17.1. The van der Waals surface area contributed by atoms with Gasteiger partial charge in [-0.05, 0) is 54.8 Å². The van der Waals surface area contributed by atoms with Crippen molar-refractivity contribution in [2.24, 2.45) is 0 Å². The number of aromatic nitrogens is 3. The molecule has 4 nitrogen and oxygen atoms in total. The average Bonchev–Trinajstić information content (AvgIpc) is 3.13. The Labute approximate surface area is 182 Å². The number of alkyl halides is 6. The molecule has 1 N–H and O–H groups in total. The van der Waals surface area contributed by atoms with Crippen molar-refractivity contribution < 1.29 is 26.3 Å². The van der Waals surface area contributed by atoms with Crippen molar-refractivity contribution in [3.05, 3.63) is 72.1 Å². The monoisotopic (exact) mass is 468 g/mol. The molecule has 0 saturated heterocycles. The Bertz CT molecular complexity index is 1260. The molecule has 0 aliphatic rings. The molecule has 0 saturated carbocycles. The Kier molecular flexibility index (Phi) is 5.53. The minimum atomic E-state index is -4.71. The lowest BCUT2D eigenvalue weighted by atomic mass is 10.2. The Morgan fingerprint density at radius 3 is 2.22 bits per heavy atom. The molecule has 4 aromatic rings. The topological polar surface area (TPSA) is 42.2 Å². The molecule has 0 unspecified atom stereocenters. The van der Waals surface area contributed by atoms with E-state index >= 15 is 0 Å². The molecule has 0 aliphatic heterocycles. The molecule has 0 fully saturated rings. The Morgan fingerprint density at radius 2 is 1.59 bits per heavy atom. The number of imidazole rings is 1. The fraction of sp³-hybridized carbons (Fsp3) is 0.143. The predicted molar refractivity (Wildman–Crippen MR) is 110 cm³/mol. The van der Waals surface area contributed by atoms with Crippen molar-refractivity contribution in [2.75, 3.05) is 11.6 Å². The maximum Gasteiger partial charge on any atom is 0.435 e. The maximum atomic E-state index is 13.7. The second kappa shape index (κ2) is 8.05. The fourth-order valence-corrected chi connectivity index (χ4v) is 3.60. The number of rotatable bonds is 4. The largest absolute Gasteiger partial charge is 0.435 e. The van der Waals surface area contributed by atoms with Crippen LogP contribution in [0.25, 0.3) is 17.0 Å². The number of halogens is 6. The maximum absolute atomic E-state index is 13.7. The molecule has 1 aromatic carbocycles. The van der Waals surface area contributed by atoms with Gasteiger partial charge in [0.25, 0.3) is 0 Å². The third kappa shape index (κ3) is 4.38. The summed E-state index contributed by atoms with van der Waals surface area (Å²) in [5, 5.41) is 2.86. The van der Waals surface area contributed by atoms with Crippen LogP contribution in [-0.4, -0.2) is 20.6 Å². The van der Waals surface area contributed by atoms with E-state index in [0.29, 0.717) is 10.6 Å². The Balaban J connectivity index is 1.80. The lowest BCUT2D eigenvalue weighted by Gasteiger charge is -2.13. The first kappa shape index (κ1) is 22.0. The van der Waals surface area contributed by atoms with Crippen LogP contribution in [0.5, 0.6) is 0 Å². The minimum absolute atomic E-state index is 0.0253. The molecular formula is C21H14F6N4S. The third-order valence-electron chi connectivity index (χ3n) is 4.56. The van der Waals surface area contributed by atoms with Crippen molar-refractivity contribution in [1.82, 2.24) is 14.4 Å². The average molecular weight is 468 g/mol. The van der Waals surface area contributed by atoms with E-state index in [9.17, 15) is 26.3 Å². The second-order valence-corrected chi connectivity index (χ2v) is 7.59. The van der Waals surface area contributed by atoms with E-state index < -0.39 is 23.6 Å². The number of hydrogen-bond acceptors (Lipinski definition) is 4. The van der Waals surface area contributed by atoms with Crippen LogP contribution in [0, 0.1) is 0 Å². The SMILES string of the molecule is CSc1cc(Nc2ccc(C(F)(F)F)cc2)nc(-c2c(C(F)(F)F)nc3ccccn23)c1. The summed E-state index contributed by atoms with van der Waals surface area (Å²) in [7, 11) is 0. The van der Waals surface area contributed by atoms with Crippen LogP contribution in [0.15, 0.2) is 65.7 Å². The summed E-state index contributed by atoms with van der Waals surface area (Å²) < 4.78 is 80.8. The van der Waals surface area contributed by atoms with Crippen molar-refractivity contribution in [1.29, 1.82) is 0 Å². The van der Waals surface area contributed by atoms with Crippen LogP contribution in [0.4, 0.5) is 37.8 Å². The molecule has 0 amide bonds. The van der Waals surface area contributed by atoms with Gasteiger partial charge in [0, 0.05) is 16.8 Å².